The van der Waals surface area contributed by atoms with E-state index in [-0.39, 0.29) is 12.6 Å². The van der Waals surface area contributed by atoms with Crippen LogP contribution >= 0.6 is 0 Å². The van der Waals surface area contributed by atoms with Crippen molar-refractivity contribution >= 4 is 12.0 Å². The van der Waals surface area contributed by atoms with Crippen LogP contribution in [0.15, 0.2) is 24.3 Å². The number of ether oxygens (including phenoxy) is 1. The van der Waals surface area contributed by atoms with E-state index >= 15 is 0 Å². The zero-order chi connectivity index (χ0) is 15.8. The molecule has 0 aliphatic rings. The van der Waals surface area contributed by atoms with Gasteiger partial charge in [0.2, 0.25) is 0 Å². The Kier molecular flexibility index (Phi) is 6.52. The molecule has 0 saturated carbocycles. The molecule has 1 rings (SSSR count). The summed E-state index contributed by atoms with van der Waals surface area (Å²) < 4.78 is 5.08. The van der Waals surface area contributed by atoms with Gasteiger partial charge in [0.1, 0.15) is 5.75 Å². The van der Waals surface area contributed by atoms with Gasteiger partial charge in [-0.15, -0.1) is 0 Å². The fourth-order valence-electron chi connectivity index (χ4n) is 1.81. The maximum atomic E-state index is 11.8. The van der Waals surface area contributed by atoms with Crippen molar-refractivity contribution < 1.29 is 19.4 Å². The normalized spacial score (nSPS) is 11.6. The number of amides is 2. The number of aliphatic carboxylic acids is 1. The lowest BCUT2D eigenvalue weighted by Crippen LogP contribution is -2.41. The van der Waals surface area contributed by atoms with Gasteiger partial charge in [0.15, 0.2) is 0 Å². The molecular weight excluding hydrogens is 272 g/mol. The molecule has 1 unspecified atom stereocenters. The van der Waals surface area contributed by atoms with Crippen LogP contribution in [0.2, 0.25) is 0 Å². The van der Waals surface area contributed by atoms with Crippen molar-refractivity contribution in [2.24, 2.45) is 5.92 Å². The molecule has 1 aromatic rings. The van der Waals surface area contributed by atoms with Crippen LogP contribution in [0.25, 0.3) is 0 Å². The second-order valence-electron chi connectivity index (χ2n) is 4.95. The van der Waals surface area contributed by atoms with Gasteiger partial charge in [-0.3, -0.25) is 4.79 Å². The van der Waals surface area contributed by atoms with Crippen LogP contribution in [0.5, 0.6) is 5.75 Å². The van der Waals surface area contributed by atoms with E-state index in [1.807, 2.05) is 24.3 Å². The second kappa shape index (κ2) is 8.14. The minimum Gasteiger partial charge on any atom is -0.497 e. The summed E-state index contributed by atoms with van der Waals surface area (Å²) in [5.41, 5.74) is 1.10. The molecule has 0 aliphatic carbocycles. The Labute approximate surface area is 124 Å². The summed E-state index contributed by atoms with van der Waals surface area (Å²) in [6.45, 7) is 2.25. The number of urea groups is 1. The lowest BCUT2D eigenvalue weighted by atomic mass is 10.1. The van der Waals surface area contributed by atoms with Crippen molar-refractivity contribution in [1.29, 1.82) is 0 Å². The number of hydrogen-bond acceptors (Lipinski definition) is 3. The molecule has 2 amide bonds. The van der Waals surface area contributed by atoms with E-state index in [4.69, 9.17) is 9.84 Å². The smallest absolute Gasteiger partial charge is 0.317 e. The zero-order valence-electron chi connectivity index (χ0n) is 12.6. The van der Waals surface area contributed by atoms with E-state index in [1.165, 1.54) is 4.90 Å². The lowest BCUT2D eigenvalue weighted by molar-refractivity contribution is -0.141. The van der Waals surface area contributed by atoms with E-state index in [2.05, 4.69) is 5.32 Å². The SMILES string of the molecule is COc1ccc(CCNC(=O)N(C)CC(C)C(=O)O)cc1. The Hall–Kier alpha value is -2.24. The monoisotopic (exact) mass is 294 g/mol. The summed E-state index contributed by atoms with van der Waals surface area (Å²) in [4.78, 5) is 23.9. The van der Waals surface area contributed by atoms with Gasteiger partial charge in [-0.1, -0.05) is 19.1 Å². The van der Waals surface area contributed by atoms with Crippen LogP contribution in [0.3, 0.4) is 0 Å². The highest BCUT2D eigenvalue weighted by Crippen LogP contribution is 2.11. The quantitative estimate of drug-likeness (QED) is 0.800. The average Bonchev–Trinajstić information content (AvgIpc) is 2.47. The van der Waals surface area contributed by atoms with Gasteiger partial charge in [-0.05, 0) is 24.1 Å². The number of rotatable bonds is 7. The van der Waals surface area contributed by atoms with E-state index in [9.17, 15) is 9.59 Å². The summed E-state index contributed by atoms with van der Waals surface area (Å²) in [5.74, 6) is -0.694. The Morgan fingerprint density at radius 1 is 1.33 bits per heavy atom. The number of nitrogens with zero attached hydrogens (tertiary/aromatic N) is 1. The highest BCUT2D eigenvalue weighted by atomic mass is 16.5. The number of carbonyl (C=O) groups excluding carboxylic acids is 1. The summed E-state index contributed by atoms with van der Waals surface area (Å²) in [7, 11) is 3.20. The van der Waals surface area contributed by atoms with Gasteiger partial charge in [-0.25, -0.2) is 4.79 Å². The van der Waals surface area contributed by atoms with Crippen molar-refractivity contribution in [1.82, 2.24) is 10.2 Å². The Balaban J connectivity index is 2.33. The molecule has 0 aromatic heterocycles. The largest absolute Gasteiger partial charge is 0.497 e. The molecule has 21 heavy (non-hydrogen) atoms. The van der Waals surface area contributed by atoms with Gasteiger partial charge in [0, 0.05) is 20.1 Å². The Bertz CT molecular complexity index is 473. The molecule has 1 atom stereocenters. The van der Waals surface area contributed by atoms with E-state index < -0.39 is 11.9 Å². The van der Waals surface area contributed by atoms with Crippen LogP contribution in [0.4, 0.5) is 4.79 Å². The highest BCUT2D eigenvalue weighted by molar-refractivity contribution is 5.75. The first-order valence-electron chi connectivity index (χ1n) is 6.78. The predicted molar refractivity (Wildman–Crippen MR) is 79.5 cm³/mol. The van der Waals surface area contributed by atoms with Crippen LogP contribution < -0.4 is 10.1 Å². The summed E-state index contributed by atoms with van der Waals surface area (Å²) >= 11 is 0. The number of nitrogens with one attached hydrogen (secondary N) is 1. The number of carboxylic acid groups (broad SMARTS) is 1. The van der Waals surface area contributed by atoms with Crippen LogP contribution in [-0.4, -0.2) is 49.3 Å². The molecule has 6 nitrogen and oxygen atoms in total. The summed E-state index contributed by atoms with van der Waals surface area (Å²) in [5, 5.41) is 11.6. The minimum absolute atomic E-state index is 0.184. The maximum Gasteiger partial charge on any atom is 0.317 e. The molecule has 0 saturated heterocycles. The molecule has 116 valence electrons. The maximum absolute atomic E-state index is 11.8. The molecular formula is C15H22N2O4. The van der Waals surface area contributed by atoms with Crippen molar-refractivity contribution in [2.45, 2.75) is 13.3 Å². The van der Waals surface area contributed by atoms with E-state index in [0.29, 0.717) is 13.0 Å². The number of benzene rings is 1. The molecule has 0 radical (unpaired) electrons. The topological polar surface area (TPSA) is 78.9 Å². The third kappa shape index (κ3) is 5.72. The summed E-state index contributed by atoms with van der Waals surface area (Å²) in [6.07, 6.45) is 0.706. The number of methoxy groups -OCH3 is 1. The van der Waals surface area contributed by atoms with Gasteiger partial charge in [0.25, 0.3) is 0 Å². The second-order valence-corrected chi connectivity index (χ2v) is 4.95. The van der Waals surface area contributed by atoms with Crippen molar-refractivity contribution in [3.05, 3.63) is 29.8 Å². The van der Waals surface area contributed by atoms with E-state index in [1.54, 1.807) is 21.1 Å². The Morgan fingerprint density at radius 3 is 2.48 bits per heavy atom. The van der Waals surface area contributed by atoms with Crippen molar-refractivity contribution in [3.8, 4) is 5.75 Å². The van der Waals surface area contributed by atoms with Gasteiger partial charge < -0.3 is 20.1 Å². The molecule has 0 heterocycles. The van der Waals surface area contributed by atoms with Crippen molar-refractivity contribution in [3.63, 3.8) is 0 Å². The third-order valence-corrected chi connectivity index (χ3v) is 3.16. The molecule has 2 N–H and O–H groups in total. The van der Waals surface area contributed by atoms with Gasteiger partial charge in [0.05, 0.1) is 13.0 Å². The highest BCUT2D eigenvalue weighted by Gasteiger charge is 2.16. The zero-order valence-corrected chi connectivity index (χ0v) is 12.6. The first-order chi connectivity index (χ1) is 9.93. The third-order valence-electron chi connectivity index (χ3n) is 3.16. The first-order valence-corrected chi connectivity index (χ1v) is 6.78. The van der Waals surface area contributed by atoms with Crippen LogP contribution in [-0.2, 0) is 11.2 Å². The van der Waals surface area contributed by atoms with E-state index in [0.717, 1.165) is 11.3 Å². The summed E-state index contributed by atoms with van der Waals surface area (Å²) in [6, 6.07) is 7.37. The Morgan fingerprint density at radius 2 is 1.95 bits per heavy atom. The average molecular weight is 294 g/mol. The molecule has 6 heteroatoms. The number of hydrogen-bond donors (Lipinski definition) is 2. The fourth-order valence-corrected chi connectivity index (χ4v) is 1.81. The molecule has 1 aromatic carbocycles. The fraction of sp³-hybridized carbons (Fsp3) is 0.467. The van der Waals surface area contributed by atoms with Gasteiger partial charge >= 0.3 is 12.0 Å². The number of carboxylic acids is 1. The van der Waals surface area contributed by atoms with Crippen LogP contribution in [0.1, 0.15) is 12.5 Å². The van der Waals surface area contributed by atoms with Crippen molar-refractivity contribution in [2.75, 3.05) is 27.2 Å². The molecule has 0 bridgehead atoms. The minimum atomic E-state index is -0.909. The predicted octanol–water partition coefficient (Wildman–Crippen LogP) is 1.60. The standard InChI is InChI=1S/C15H22N2O4/c1-11(14(18)19)10-17(2)15(20)16-9-8-12-4-6-13(21-3)7-5-12/h4-7,11H,8-10H2,1-3H3,(H,16,20)(H,18,19). The van der Waals surface area contributed by atoms with Gasteiger partial charge in [-0.2, -0.15) is 0 Å². The molecule has 0 fully saturated rings. The lowest BCUT2D eigenvalue weighted by Gasteiger charge is -2.20. The number of carbonyl (C=O) groups is 2. The van der Waals surface area contributed by atoms with Crippen LogP contribution in [0, 0.1) is 5.92 Å². The molecule has 0 spiro atoms. The molecule has 0 aliphatic heterocycles. The first kappa shape index (κ1) is 16.8.